The first kappa shape index (κ1) is 15.8. The zero-order valence-corrected chi connectivity index (χ0v) is 11.0. The van der Waals surface area contributed by atoms with Crippen LogP contribution < -0.4 is 5.32 Å². The van der Waals surface area contributed by atoms with Crippen molar-refractivity contribution in [2.24, 2.45) is 0 Å². The smallest absolute Gasteiger partial charge is 0.0700 e. The summed E-state index contributed by atoms with van der Waals surface area (Å²) in [5, 5.41) is 3.48. The summed E-state index contributed by atoms with van der Waals surface area (Å²) in [6.07, 6.45) is 3.39. The van der Waals surface area contributed by atoms with Crippen LogP contribution in [0.3, 0.4) is 0 Å². The lowest BCUT2D eigenvalue weighted by Crippen LogP contribution is -2.34. The van der Waals surface area contributed by atoms with Crippen molar-refractivity contribution >= 4 is 0 Å². The molecule has 16 heavy (non-hydrogen) atoms. The van der Waals surface area contributed by atoms with E-state index in [0.717, 1.165) is 26.2 Å². The summed E-state index contributed by atoms with van der Waals surface area (Å²) in [4.78, 5) is 0. The highest BCUT2D eigenvalue weighted by Crippen LogP contribution is 1.97. The van der Waals surface area contributed by atoms with Crippen molar-refractivity contribution in [3.63, 3.8) is 0 Å². The van der Waals surface area contributed by atoms with E-state index in [2.05, 4.69) is 12.2 Å². The lowest BCUT2D eigenvalue weighted by atomic mass is 10.2. The predicted molar refractivity (Wildman–Crippen MR) is 65.9 cm³/mol. The highest BCUT2D eigenvalue weighted by Gasteiger charge is 2.05. The molecule has 0 heterocycles. The van der Waals surface area contributed by atoms with Gasteiger partial charge in [0.1, 0.15) is 0 Å². The lowest BCUT2D eigenvalue weighted by molar-refractivity contribution is 0.0686. The van der Waals surface area contributed by atoms with Gasteiger partial charge in [0.2, 0.25) is 0 Å². The van der Waals surface area contributed by atoms with Crippen molar-refractivity contribution in [3.05, 3.63) is 0 Å². The number of hydrogen-bond donors (Lipinski definition) is 1. The van der Waals surface area contributed by atoms with Crippen molar-refractivity contribution in [2.45, 2.75) is 32.2 Å². The Kier molecular flexibility index (Phi) is 12.8. The van der Waals surface area contributed by atoms with Crippen molar-refractivity contribution in [1.29, 1.82) is 0 Å². The first-order valence-electron chi connectivity index (χ1n) is 6.14. The lowest BCUT2D eigenvalue weighted by Gasteiger charge is -2.16. The van der Waals surface area contributed by atoms with Crippen LogP contribution in [0.2, 0.25) is 0 Å². The quantitative estimate of drug-likeness (QED) is 0.518. The summed E-state index contributed by atoms with van der Waals surface area (Å²) in [5.41, 5.74) is 0. The van der Waals surface area contributed by atoms with Crippen LogP contribution in [-0.2, 0) is 14.2 Å². The Morgan fingerprint density at radius 1 is 1.06 bits per heavy atom. The molecule has 0 aliphatic carbocycles. The summed E-state index contributed by atoms with van der Waals surface area (Å²) in [7, 11) is 3.43. The van der Waals surface area contributed by atoms with Gasteiger partial charge in [-0.05, 0) is 19.4 Å². The fourth-order valence-electron chi connectivity index (χ4n) is 1.52. The molecule has 1 unspecified atom stereocenters. The number of rotatable bonds is 12. The summed E-state index contributed by atoms with van der Waals surface area (Å²) in [6.45, 7) is 6.13. The topological polar surface area (TPSA) is 39.7 Å². The Bertz CT molecular complexity index is 127. The molecule has 0 aromatic carbocycles. The van der Waals surface area contributed by atoms with Gasteiger partial charge < -0.3 is 19.5 Å². The van der Waals surface area contributed by atoms with Crippen LogP contribution in [0.15, 0.2) is 0 Å². The van der Waals surface area contributed by atoms with Crippen LogP contribution in [0.5, 0.6) is 0 Å². The highest BCUT2D eigenvalue weighted by molar-refractivity contribution is 4.64. The van der Waals surface area contributed by atoms with Crippen molar-refractivity contribution in [3.8, 4) is 0 Å². The summed E-state index contributed by atoms with van der Waals surface area (Å²) < 4.78 is 15.4. The normalized spacial score (nSPS) is 12.9. The van der Waals surface area contributed by atoms with Crippen LogP contribution in [0, 0.1) is 0 Å². The van der Waals surface area contributed by atoms with Gasteiger partial charge in [0.15, 0.2) is 0 Å². The minimum Gasteiger partial charge on any atom is -0.383 e. The molecule has 0 radical (unpaired) electrons. The molecule has 0 saturated heterocycles. The third-order valence-corrected chi connectivity index (χ3v) is 2.34. The van der Waals surface area contributed by atoms with Crippen LogP contribution >= 0.6 is 0 Å². The first-order valence-corrected chi connectivity index (χ1v) is 6.14. The predicted octanol–water partition coefficient (Wildman–Crippen LogP) is 1.44. The third kappa shape index (κ3) is 10.4. The van der Waals surface area contributed by atoms with Gasteiger partial charge in [0.05, 0.1) is 19.8 Å². The molecule has 1 atom stereocenters. The van der Waals surface area contributed by atoms with E-state index in [0.29, 0.717) is 19.3 Å². The molecule has 4 nitrogen and oxygen atoms in total. The van der Waals surface area contributed by atoms with Crippen molar-refractivity contribution in [1.82, 2.24) is 5.32 Å². The highest BCUT2D eigenvalue weighted by atomic mass is 16.5. The SMILES string of the molecule is CCCC(COC)NCCCOCCOC. The minimum atomic E-state index is 0.481. The Labute approximate surface area is 99.6 Å². The molecule has 4 heteroatoms. The van der Waals surface area contributed by atoms with Crippen LogP contribution in [-0.4, -0.2) is 53.2 Å². The molecule has 0 saturated carbocycles. The van der Waals surface area contributed by atoms with Crippen LogP contribution in [0.25, 0.3) is 0 Å². The second-order valence-electron chi connectivity index (χ2n) is 3.85. The zero-order valence-electron chi connectivity index (χ0n) is 11.0. The average Bonchev–Trinajstić information content (AvgIpc) is 2.28. The van der Waals surface area contributed by atoms with Gasteiger partial charge in [0.25, 0.3) is 0 Å². The van der Waals surface area contributed by atoms with Gasteiger partial charge in [-0.2, -0.15) is 0 Å². The van der Waals surface area contributed by atoms with E-state index in [1.54, 1.807) is 14.2 Å². The molecule has 0 bridgehead atoms. The van der Waals surface area contributed by atoms with Crippen molar-refractivity contribution < 1.29 is 14.2 Å². The minimum absolute atomic E-state index is 0.481. The molecule has 0 fully saturated rings. The molecule has 1 N–H and O–H groups in total. The number of nitrogens with one attached hydrogen (secondary N) is 1. The fourth-order valence-corrected chi connectivity index (χ4v) is 1.52. The van der Waals surface area contributed by atoms with E-state index in [9.17, 15) is 0 Å². The molecular formula is C12H27NO3. The Balaban J connectivity index is 3.25. The fraction of sp³-hybridized carbons (Fsp3) is 1.00. The standard InChI is InChI=1S/C12H27NO3/c1-4-6-12(11-15-3)13-7-5-8-16-10-9-14-2/h12-13H,4-11H2,1-3H3. The van der Waals surface area contributed by atoms with E-state index in [4.69, 9.17) is 14.2 Å². The van der Waals surface area contributed by atoms with E-state index >= 15 is 0 Å². The Morgan fingerprint density at radius 2 is 1.88 bits per heavy atom. The third-order valence-electron chi connectivity index (χ3n) is 2.34. The van der Waals surface area contributed by atoms with Gasteiger partial charge in [-0.3, -0.25) is 0 Å². The van der Waals surface area contributed by atoms with E-state index in [1.165, 1.54) is 12.8 Å². The molecule has 0 aromatic rings. The van der Waals surface area contributed by atoms with Gasteiger partial charge in [-0.25, -0.2) is 0 Å². The Morgan fingerprint density at radius 3 is 2.50 bits per heavy atom. The van der Waals surface area contributed by atoms with Gasteiger partial charge in [0, 0.05) is 26.9 Å². The summed E-state index contributed by atoms with van der Waals surface area (Å²) in [5.74, 6) is 0. The molecule has 0 aromatic heterocycles. The Hall–Kier alpha value is -0.160. The summed E-state index contributed by atoms with van der Waals surface area (Å²) >= 11 is 0. The molecular weight excluding hydrogens is 206 g/mol. The molecule has 98 valence electrons. The van der Waals surface area contributed by atoms with Gasteiger partial charge in [-0.15, -0.1) is 0 Å². The van der Waals surface area contributed by atoms with E-state index in [1.807, 2.05) is 0 Å². The molecule has 0 aliphatic rings. The average molecular weight is 233 g/mol. The van der Waals surface area contributed by atoms with Crippen molar-refractivity contribution in [2.75, 3.05) is 47.2 Å². The second-order valence-corrected chi connectivity index (χ2v) is 3.85. The monoisotopic (exact) mass is 233 g/mol. The number of ether oxygens (including phenoxy) is 3. The maximum Gasteiger partial charge on any atom is 0.0700 e. The molecule has 0 amide bonds. The van der Waals surface area contributed by atoms with E-state index in [-0.39, 0.29) is 0 Å². The number of methoxy groups -OCH3 is 2. The number of hydrogen-bond acceptors (Lipinski definition) is 4. The maximum absolute atomic E-state index is 5.38. The first-order chi connectivity index (χ1) is 7.85. The largest absolute Gasteiger partial charge is 0.383 e. The van der Waals surface area contributed by atoms with Crippen LogP contribution in [0.4, 0.5) is 0 Å². The second kappa shape index (κ2) is 12.9. The zero-order chi connectivity index (χ0) is 12.1. The molecule has 0 rings (SSSR count). The summed E-state index contributed by atoms with van der Waals surface area (Å²) in [6, 6.07) is 0.481. The van der Waals surface area contributed by atoms with Gasteiger partial charge >= 0.3 is 0 Å². The maximum atomic E-state index is 5.38. The van der Waals surface area contributed by atoms with Gasteiger partial charge in [-0.1, -0.05) is 13.3 Å². The molecule has 0 spiro atoms. The van der Waals surface area contributed by atoms with Crippen LogP contribution in [0.1, 0.15) is 26.2 Å². The van der Waals surface area contributed by atoms with E-state index < -0.39 is 0 Å². The molecule has 0 aliphatic heterocycles.